The number of aromatic nitrogens is 1. The van der Waals surface area contributed by atoms with Crippen LogP contribution in [0.15, 0.2) is 16.7 Å². The molecule has 1 aromatic rings. The zero-order valence-corrected chi connectivity index (χ0v) is 13.5. The van der Waals surface area contributed by atoms with Gasteiger partial charge >= 0.3 is 0 Å². The standard InChI is InChI=1S/C15H23BrN2O/c1-10(2)8-14(12-6-7-17-9-12)19-13-5-4-11(3)18-15(13)16/h4-5,10,12,14,17H,6-9H2,1-3H3/t12-,14?/m0/s1. The number of aryl methyl sites for hydroxylation is 1. The van der Waals surface area contributed by atoms with E-state index < -0.39 is 0 Å². The molecule has 1 aromatic heterocycles. The van der Waals surface area contributed by atoms with E-state index in [-0.39, 0.29) is 6.10 Å². The summed E-state index contributed by atoms with van der Waals surface area (Å²) in [5.74, 6) is 2.11. The zero-order chi connectivity index (χ0) is 13.8. The Labute approximate surface area is 124 Å². The minimum absolute atomic E-state index is 0.274. The Kier molecular flexibility index (Phi) is 5.22. The van der Waals surface area contributed by atoms with Gasteiger partial charge in [-0.1, -0.05) is 13.8 Å². The van der Waals surface area contributed by atoms with Crippen molar-refractivity contribution in [2.45, 2.75) is 39.7 Å². The molecule has 0 spiro atoms. The monoisotopic (exact) mass is 326 g/mol. The van der Waals surface area contributed by atoms with E-state index in [1.165, 1.54) is 6.42 Å². The van der Waals surface area contributed by atoms with Crippen LogP contribution in [0, 0.1) is 18.8 Å². The summed E-state index contributed by atoms with van der Waals surface area (Å²) in [7, 11) is 0. The normalized spacial score (nSPS) is 20.8. The van der Waals surface area contributed by atoms with Crippen molar-refractivity contribution in [3.63, 3.8) is 0 Å². The van der Waals surface area contributed by atoms with Gasteiger partial charge < -0.3 is 10.1 Å². The van der Waals surface area contributed by atoms with Crippen molar-refractivity contribution in [3.05, 3.63) is 22.4 Å². The number of pyridine rings is 1. The highest BCUT2D eigenvalue weighted by atomic mass is 79.9. The van der Waals surface area contributed by atoms with Gasteiger partial charge in [0, 0.05) is 18.2 Å². The SMILES string of the molecule is Cc1ccc(OC(CC(C)C)[C@H]2CCNC2)c(Br)n1. The number of nitrogens with one attached hydrogen (secondary N) is 1. The number of rotatable bonds is 5. The Bertz CT molecular complexity index is 417. The molecule has 1 saturated heterocycles. The van der Waals surface area contributed by atoms with Crippen LogP contribution in [0.3, 0.4) is 0 Å². The lowest BCUT2D eigenvalue weighted by molar-refractivity contribution is 0.118. The third-order valence-electron chi connectivity index (χ3n) is 3.56. The second kappa shape index (κ2) is 6.71. The molecule has 0 bridgehead atoms. The summed E-state index contributed by atoms with van der Waals surface area (Å²) in [6.45, 7) is 8.66. The first-order valence-electron chi connectivity index (χ1n) is 7.06. The molecule has 2 heterocycles. The number of halogens is 1. The fourth-order valence-corrected chi connectivity index (χ4v) is 3.06. The number of ether oxygens (including phenoxy) is 1. The molecule has 106 valence electrons. The largest absolute Gasteiger partial charge is 0.487 e. The van der Waals surface area contributed by atoms with Gasteiger partial charge in [-0.25, -0.2) is 4.98 Å². The second-order valence-electron chi connectivity index (χ2n) is 5.78. The Morgan fingerprint density at radius 3 is 2.84 bits per heavy atom. The summed E-state index contributed by atoms with van der Waals surface area (Å²) in [6, 6.07) is 4.02. The summed E-state index contributed by atoms with van der Waals surface area (Å²) in [5.41, 5.74) is 1.00. The van der Waals surface area contributed by atoms with Crippen LogP contribution in [0.5, 0.6) is 5.75 Å². The third-order valence-corrected chi connectivity index (χ3v) is 4.13. The molecule has 0 amide bonds. The highest BCUT2D eigenvalue weighted by molar-refractivity contribution is 9.10. The summed E-state index contributed by atoms with van der Waals surface area (Å²) in [6.07, 6.45) is 2.57. The van der Waals surface area contributed by atoms with Crippen LogP contribution in [0.4, 0.5) is 0 Å². The van der Waals surface area contributed by atoms with Gasteiger partial charge in [0.05, 0.1) is 0 Å². The molecule has 2 rings (SSSR count). The molecule has 3 nitrogen and oxygen atoms in total. The zero-order valence-electron chi connectivity index (χ0n) is 11.9. The van der Waals surface area contributed by atoms with Crippen molar-refractivity contribution in [3.8, 4) is 5.75 Å². The molecule has 19 heavy (non-hydrogen) atoms. The lowest BCUT2D eigenvalue weighted by atomic mass is 9.93. The summed E-state index contributed by atoms with van der Waals surface area (Å²) in [5, 5.41) is 3.43. The van der Waals surface area contributed by atoms with Gasteiger partial charge in [-0.05, 0) is 60.3 Å². The summed E-state index contributed by atoms with van der Waals surface area (Å²) in [4.78, 5) is 4.41. The maximum absolute atomic E-state index is 6.25. The van der Waals surface area contributed by atoms with Crippen molar-refractivity contribution in [2.24, 2.45) is 11.8 Å². The third kappa shape index (κ3) is 4.18. The molecular formula is C15H23BrN2O. The highest BCUT2D eigenvalue weighted by Crippen LogP contribution is 2.29. The van der Waals surface area contributed by atoms with E-state index in [0.717, 1.165) is 35.6 Å². The molecule has 1 unspecified atom stereocenters. The van der Waals surface area contributed by atoms with Crippen molar-refractivity contribution in [2.75, 3.05) is 13.1 Å². The van der Waals surface area contributed by atoms with Crippen LogP contribution in [0.2, 0.25) is 0 Å². The molecular weight excluding hydrogens is 304 g/mol. The van der Waals surface area contributed by atoms with E-state index in [9.17, 15) is 0 Å². The molecule has 0 aliphatic carbocycles. The minimum atomic E-state index is 0.274. The predicted octanol–water partition coefficient (Wildman–Crippen LogP) is 3.56. The fourth-order valence-electron chi connectivity index (χ4n) is 2.56. The van der Waals surface area contributed by atoms with E-state index in [1.54, 1.807) is 0 Å². The van der Waals surface area contributed by atoms with E-state index in [2.05, 4.69) is 40.1 Å². The first kappa shape index (κ1) is 14.8. The van der Waals surface area contributed by atoms with Crippen molar-refractivity contribution in [1.29, 1.82) is 0 Å². The van der Waals surface area contributed by atoms with Gasteiger partial charge in [0.15, 0.2) is 5.75 Å². The minimum Gasteiger partial charge on any atom is -0.487 e. The molecule has 1 N–H and O–H groups in total. The van der Waals surface area contributed by atoms with Crippen molar-refractivity contribution in [1.82, 2.24) is 10.3 Å². The van der Waals surface area contributed by atoms with Crippen LogP contribution < -0.4 is 10.1 Å². The molecule has 0 saturated carbocycles. The molecule has 2 atom stereocenters. The van der Waals surface area contributed by atoms with Crippen LogP contribution in [0.1, 0.15) is 32.4 Å². The maximum atomic E-state index is 6.25. The lowest BCUT2D eigenvalue weighted by Gasteiger charge is -2.26. The predicted molar refractivity (Wildman–Crippen MR) is 81.5 cm³/mol. The smallest absolute Gasteiger partial charge is 0.152 e. The van der Waals surface area contributed by atoms with Crippen molar-refractivity contribution < 1.29 is 4.74 Å². The highest BCUT2D eigenvalue weighted by Gasteiger charge is 2.27. The van der Waals surface area contributed by atoms with Gasteiger partial charge in [0.25, 0.3) is 0 Å². The van der Waals surface area contributed by atoms with E-state index in [0.29, 0.717) is 11.8 Å². The molecule has 1 fully saturated rings. The fraction of sp³-hybridized carbons (Fsp3) is 0.667. The molecule has 0 radical (unpaired) electrons. The Hall–Kier alpha value is -0.610. The number of hydrogen-bond acceptors (Lipinski definition) is 3. The Morgan fingerprint density at radius 2 is 2.26 bits per heavy atom. The second-order valence-corrected chi connectivity index (χ2v) is 6.53. The molecule has 4 heteroatoms. The number of hydrogen-bond donors (Lipinski definition) is 1. The Balaban J connectivity index is 2.09. The van der Waals surface area contributed by atoms with Gasteiger partial charge in [-0.15, -0.1) is 0 Å². The summed E-state index contributed by atoms with van der Waals surface area (Å²) >= 11 is 3.50. The average molecular weight is 327 g/mol. The average Bonchev–Trinajstić information content (AvgIpc) is 2.84. The van der Waals surface area contributed by atoms with Gasteiger partial charge in [0.2, 0.25) is 0 Å². The van der Waals surface area contributed by atoms with E-state index in [1.807, 2.05) is 19.1 Å². The molecule has 1 aliphatic rings. The first-order valence-corrected chi connectivity index (χ1v) is 7.86. The molecule has 0 aromatic carbocycles. The van der Waals surface area contributed by atoms with E-state index >= 15 is 0 Å². The van der Waals surface area contributed by atoms with Crippen LogP contribution in [-0.2, 0) is 0 Å². The van der Waals surface area contributed by atoms with Crippen LogP contribution in [0.25, 0.3) is 0 Å². The van der Waals surface area contributed by atoms with Gasteiger partial charge in [-0.3, -0.25) is 0 Å². The van der Waals surface area contributed by atoms with Gasteiger partial charge in [0.1, 0.15) is 10.7 Å². The first-order chi connectivity index (χ1) is 9.06. The maximum Gasteiger partial charge on any atom is 0.152 e. The lowest BCUT2D eigenvalue weighted by Crippen LogP contribution is -2.30. The van der Waals surface area contributed by atoms with Crippen LogP contribution >= 0.6 is 15.9 Å². The Morgan fingerprint density at radius 1 is 1.47 bits per heavy atom. The van der Waals surface area contributed by atoms with Crippen LogP contribution in [-0.4, -0.2) is 24.2 Å². The topological polar surface area (TPSA) is 34.1 Å². The van der Waals surface area contributed by atoms with Crippen molar-refractivity contribution >= 4 is 15.9 Å². The van der Waals surface area contributed by atoms with E-state index in [4.69, 9.17) is 4.74 Å². The quantitative estimate of drug-likeness (QED) is 0.840. The molecule has 1 aliphatic heterocycles. The van der Waals surface area contributed by atoms with Gasteiger partial charge in [-0.2, -0.15) is 0 Å². The number of nitrogens with zero attached hydrogens (tertiary/aromatic N) is 1. The summed E-state index contributed by atoms with van der Waals surface area (Å²) < 4.78 is 7.06.